The first-order valence-electron chi connectivity index (χ1n) is 24.0. The molecule has 0 radical (unpaired) electrons. The molecule has 7 nitrogen and oxygen atoms in total. The molecule has 0 aromatic heterocycles. The molecule has 57 heavy (non-hydrogen) atoms. The minimum atomic E-state index is -0.562. The van der Waals surface area contributed by atoms with Crippen LogP contribution in [-0.4, -0.2) is 62.8 Å². The van der Waals surface area contributed by atoms with Gasteiger partial charge in [-0.15, -0.1) is 0 Å². The molecule has 0 N–H and O–H groups in total. The molecule has 0 spiro atoms. The molecule has 0 saturated carbocycles. The van der Waals surface area contributed by atoms with Gasteiger partial charge in [-0.1, -0.05) is 148 Å². The van der Waals surface area contributed by atoms with Crippen LogP contribution in [-0.2, 0) is 28.6 Å². The Morgan fingerprint density at radius 2 is 0.982 bits per heavy atom. The molecule has 0 rings (SSSR count). The van der Waals surface area contributed by atoms with Gasteiger partial charge in [0, 0.05) is 12.3 Å². The van der Waals surface area contributed by atoms with E-state index in [4.69, 9.17) is 14.2 Å². The molecule has 0 aliphatic rings. The van der Waals surface area contributed by atoms with Crippen molar-refractivity contribution in [2.24, 2.45) is 16.7 Å². The van der Waals surface area contributed by atoms with E-state index < -0.39 is 10.8 Å². The van der Waals surface area contributed by atoms with Crippen molar-refractivity contribution in [1.29, 1.82) is 0 Å². The Balaban J connectivity index is 4.77. The van der Waals surface area contributed by atoms with Crippen LogP contribution in [0.4, 0.5) is 0 Å². The van der Waals surface area contributed by atoms with E-state index in [1.165, 1.54) is 83.5 Å². The molecule has 0 aliphatic carbocycles. The van der Waals surface area contributed by atoms with E-state index in [9.17, 15) is 14.4 Å². The molecule has 7 heteroatoms. The molecule has 0 amide bonds. The van der Waals surface area contributed by atoms with E-state index in [1.807, 2.05) is 41.8 Å². The normalized spacial score (nSPS) is 12.4. The molecular formula is C50H93NO6. The molecule has 334 valence electrons. The van der Waals surface area contributed by atoms with E-state index in [0.717, 1.165) is 103 Å². The first-order chi connectivity index (χ1) is 27.3. The molecular weight excluding hydrogens is 711 g/mol. The van der Waals surface area contributed by atoms with Crippen LogP contribution in [0.25, 0.3) is 0 Å². The Hall–Kier alpha value is -2.07. The van der Waals surface area contributed by atoms with Crippen molar-refractivity contribution in [2.45, 2.75) is 241 Å². The van der Waals surface area contributed by atoms with E-state index in [0.29, 0.717) is 18.9 Å². The topological polar surface area (TPSA) is 82.1 Å². The van der Waals surface area contributed by atoms with Crippen molar-refractivity contribution >= 4 is 17.9 Å². The zero-order valence-corrected chi connectivity index (χ0v) is 39.2. The predicted octanol–water partition coefficient (Wildman–Crippen LogP) is 13.6. The monoisotopic (exact) mass is 804 g/mol. The van der Waals surface area contributed by atoms with Crippen molar-refractivity contribution in [1.82, 2.24) is 4.90 Å². The Labute approximate surface area is 353 Å². The van der Waals surface area contributed by atoms with E-state index in [-0.39, 0.29) is 30.6 Å². The lowest BCUT2D eigenvalue weighted by atomic mass is 9.86. The van der Waals surface area contributed by atoms with Crippen molar-refractivity contribution < 1.29 is 28.6 Å². The van der Waals surface area contributed by atoms with Crippen molar-refractivity contribution in [3.05, 3.63) is 0 Å². The van der Waals surface area contributed by atoms with Gasteiger partial charge in [-0.05, 0) is 113 Å². The second-order valence-electron chi connectivity index (χ2n) is 18.5. The number of ether oxygens (including phenoxy) is 3. The van der Waals surface area contributed by atoms with Crippen LogP contribution in [0.5, 0.6) is 0 Å². The number of esters is 3. The van der Waals surface area contributed by atoms with Gasteiger partial charge in [-0.25, -0.2) is 0 Å². The SMILES string of the molecule is CCCCCCCCCOC(=O)C(C)(C)CCCCCC(CCCCCC(C)(C)C(=O)OCC#CC(CCCCCC)CCCCCC)OC(=O)CCCN(C)C. The quantitative estimate of drug-likeness (QED) is 0.0266. The highest BCUT2D eigenvalue weighted by atomic mass is 16.5. The zero-order valence-electron chi connectivity index (χ0n) is 39.2. The largest absolute Gasteiger partial charge is 0.465 e. The number of hydrogen-bond acceptors (Lipinski definition) is 7. The van der Waals surface area contributed by atoms with Crippen molar-refractivity contribution in [2.75, 3.05) is 33.9 Å². The summed E-state index contributed by atoms with van der Waals surface area (Å²) < 4.78 is 17.3. The standard InChI is InChI=1S/C50H93NO6/c1-10-13-16-19-20-21-30-42-55-47(53)49(4,5)39-28-22-26-36-45(57-46(52)38-31-41-51(8)9)37-27-23-29-40-50(6,7)48(54)56-43-32-35-44(33-24-17-14-11-2)34-25-18-15-12-3/h44-45H,10-31,33-34,36-43H2,1-9H3. The first-order valence-corrected chi connectivity index (χ1v) is 24.0. The molecule has 0 fully saturated rings. The molecule has 0 bridgehead atoms. The summed E-state index contributed by atoms with van der Waals surface area (Å²) in [6.45, 7) is 16.2. The Bertz CT molecular complexity index is 1040. The second-order valence-corrected chi connectivity index (χ2v) is 18.5. The summed E-state index contributed by atoms with van der Waals surface area (Å²) in [4.78, 5) is 40.6. The predicted molar refractivity (Wildman–Crippen MR) is 240 cm³/mol. The summed E-state index contributed by atoms with van der Waals surface area (Å²) in [7, 11) is 4.03. The van der Waals surface area contributed by atoms with Gasteiger partial charge in [-0.3, -0.25) is 14.4 Å². The Morgan fingerprint density at radius 1 is 0.544 bits per heavy atom. The van der Waals surface area contributed by atoms with Gasteiger partial charge in [0.15, 0.2) is 6.61 Å². The summed E-state index contributed by atoms with van der Waals surface area (Å²) >= 11 is 0. The van der Waals surface area contributed by atoms with Crippen LogP contribution in [0.1, 0.15) is 235 Å². The molecule has 1 atom stereocenters. The van der Waals surface area contributed by atoms with Crippen molar-refractivity contribution in [3.8, 4) is 11.8 Å². The lowest BCUT2D eigenvalue weighted by molar-refractivity contribution is -0.155. The summed E-state index contributed by atoms with van der Waals surface area (Å²) in [5.41, 5.74) is -1.05. The highest BCUT2D eigenvalue weighted by Gasteiger charge is 2.30. The maximum Gasteiger partial charge on any atom is 0.312 e. The molecule has 1 unspecified atom stereocenters. The van der Waals surface area contributed by atoms with Crippen LogP contribution in [0.3, 0.4) is 0 Å². The fraction of sp³-hybridized carbons (Fsp3) is 0.900. The van der Waals surface area contributed by atoms with Crippen LogP contribution in [0.15, 0.2) is 0 Å². The highest BCUT2D eigenvalue weighted by molar-refractivity contribution is 5.76. The molecule has 0 aromatic carbocycles. The molecule has 0 aliphatic heterocycles. The average Bonchev–Trinajstić information content (AvgIpc) is 3.16. The minimum absolute atomic E-state index is 0.0896. The number of nitrogens with zero attached hydrogens (tertiary/aromatic N) is 1. The number of unbranched alkanes of at least 4 members (excludes halogenated alkanes) is 16. The number of rotatable bonds is 38. The first kappa shape index (κ1) is 54.9. The van der Waals surface area contributed by atoms with Gasteiger partial charge in [-0.2, -0.15) is 0 Å². The van der Waals surface area contributed by atoms with Gasteiger partial charge in [0.2, 0.25) is 0 Å². The average molecular weight is 804 g/mol. The second kappa shape index (κ2) is 35.8. The Kier molecular flexibility index (Phi) is 34.5. The van der Waals surface area contributed by atoms with Crippen LogP contribution in [0.2, 0.25) is 0 Å². The fourth-order valence-corrected chi connectivity index (χ4v) is 7.31. The van der Waals surface area contributed by atoms with E-state index in [2.05, 4.69) is 37.5 Å². The van der Waals surface area contributed by atoms with E-state index >= 15 is 0 Å². The zero-order chi connectivity index (χ0) is 42.6. The number of hydrogen-bond donors (Lipinski definition) is 0. The highest BCUT2D eigenvalue weighted by Crippen LogP contribution is 2.28. The fourth-order valence-electron chi connectivity index (χ4n) is 7.31. The maximum atomic E-state index is 13.0. The Morgan fingerprint density at radius 3 is 1.49 bits per heavy atom. The summed E-state index contributed by atoms with van der Waals surface area (Å²) in [5, 5.41) is 0. The molecule has 0 aromatic rings. The van der Waals surface area contributed by atoms with Crippen LogP contribution >= 0.6 is 0 Å². The summed E-state index contributed by atoms with van der Waals surface area (Å²) in [5.74, 6) is 6.66. The lowest BCUT2D eigenvalue weighted by Gasteiger charge is -2.23. The lowest BCUT2D eigenvalue weighted by Crippen LogP contribution is -2.27. The number of carbonyl (C=O) groups excluding carboxylic acids is 3. The third kappa shape index (κ3) is 32.5. The maximum absolute atomic E-state index is 13.0. The van der Waals surface area contributed by atoms with Crippen LogP contribution in [0, 0.1) is 28.6 Å². The van der Waals surface area contributed by atoms with Gasteiger partial charge in [0.25, 0.3) is 0 Å². The van der Waals surface area contributed by atoms with Crippen LogP contribution < -0.4 is 0 Å². The minimum Gasteiger partial charge on any atom is -0.465 e. The smallest absolute Gasteiger partial charge is 0.312 e. The van der Waals surface area contributed by atoms with Gasteiger partial charge < -0.3 is 19.1 Å². The summed E-state index contributed by atoms with van der Waals surface area (Å²) in [6, 6.07) is 0. The van der Waals surface area contributed by atoms with Gasteiger partial charge in [0.05, 0.1) is 17.4 Å². The third-order valence-electron chi connectivity index (χ3n) is 11.4. The summed E-state index contributed by atoms with van der Waals surface area (Å²) in [6.07, 6.45) is 30.8. The van der Waals surface area contributed by atoms with E-state index in [1.54, 1.807) is 0 Å². The van der Waals surface area contributed by atoms with Gasteiger partial charge in [0.1, 0.15) is 6.10 Å². The van der Waals surface area contributed by atoms with Gasteiger partial charge >= 0.3 is 17.9 Å². The third-order valence-corrected chi connectivity index (χ3v) is 11.4. The molecule has 0 saturated heterocycles. The number of carbonyl (C=O) groups is 3. The van der Waals surface area contributed by atoms with Crippen molar-refractivity contribution in [3.63, 3.8) is 0 Å². The molecule has 0 heterocycles.